The maximum Gasteiger partial charge on any atom is 0.230 e. The van der Waals surface area contributed by atoms with Crippen molar-refractivity contribution >= 4 is 28.1 Å². The van der Waals surface area contributed by atoms with Crippen molar-refractivity contribution in [3.05, 3.63) is 71.5 Å². The molecule has 6 heteroatoms. The van der Waals surface area contributed by atoms with E-state index in [1.807, 2.05) is 30.3 Å². The highest BCUT2D eigenvalue weighted by Crippen LogP contribution is 2.29. The molecule has 4 nitrogen and oxygen atoms in total. The molecule has 0 aliphatic heterocycles. The lowest BCUT2D eigenvalue weighted by molar-refractivity contribution is -0.115. The van der Waals surface area contributed by atoms with Gasteiger partial charge in [-0.1, -0.05) is 30.3 Å². The number of rotatable bonds is 5. The number of hydrogen-bond acceptors (Lipinski definition) is 4. The van der Waals surface area contributed by atoms with Crippen LogP contribution in [0.15, 0.2) is 60.0 Å². The summed E-state index contributed by atoms with van der Waals surface area (Å²) in [5, 5.41) is 2.36. The Morgan fingerprint density at radius 2 is 1.88 bits per heavy atom. The monoisotopic (exact) mass is 342 g/mol. The third-order valence-corrected chi connectivity index (χ3v) is 4.15. The normalized spacial score (nSPS) is 10.4. The summed E-state index contributed by atoms with van der Waals surface area (Å²) in [5.41, 5.74) is 1.39. The van der Waals surface area contributed by atoms with Gasteiger partial charge in [-0.15, -0.1) is 11.3 Å². The van der Waals surface area contributed by atoms with Crippen molar-refractivity contribution in [1.82, 2.24) is 4.98 Å². The van der Waals surface area contributed by atoms with Crippen LogP contribution in [0.4, 0.5) is 15.2 Å². The summed E-state index contributed by atoms with van der Waals surface area (Å²) in [6, 6.07) is 15.5. The number of benzene rings is 2. The fraction of sp³-hybridized carbons (Fsp3) is 0.111. The number of halogens is 1. The summed E-state index contributed by atoms with van der Waals surface area (Å²) in [5.74, 6) is -0.363. The average Bonchev–Trinajstić information content (AvgIpc) is 3.03. The van der Waals surface area contributed by atoms with E-state index in [1.165, 1.54) is 29.2 Å². The van der Waals surface area contributed by atoms with Crippen LogP contribution in [0, 0.1) is 5.82 Å². The number of anilines is 2. The van der Waals surface area contributed by atoms with E-state index in [2.05, 4.69) is 4.98 Å². The van der Waals surface area contributed by atoms with Gasteiger partial charge in [0.15, 0.2) is 16.7 Å². The summed E-state index contributed by atoms with van der Waals surface area (Å²) in [7, 11) is 0. The molecule has 3 rings (SSSR count). The number of thiazole rings is 1. The minimum atomic E-state index is -0.414. The molecule has 24 heavy (non-hydrogen) atoms. The Labute approximate surface area is 143 Å². The van der Waals surface area contributed by atoms with Crippen LogP contribution in [-0.4, -0.2) is 10.9 Å². The van der Waals surface area contributed by atoms with Crippen LogP contribution in [0.3, 0.4) is 0 Å². The molecule has 0 bridgehead atoms. The molecule has 0 unspecified atom stereocenters. The molecule has 0 radical (unpaired) electrons. The zero-order valence-corrected chi connectivity index (χ0v) is 13.8. The van der Waals surface area contributed by atoms with Gasteiger partial charge in [0.25, 0.3) is 0 Å². The Balaban J connectivity index is 1.77. The van der Waals surface area contributed by atoms with Crippen molar-refractivity contribution in [2.45, 2.75) is 13.5 Å². The Kier molecular flexibility index (Phi) is 4.86. The maximum atomic E-state index is 13.6. The van der Waals surface area contributed by atoms with Gasteiger partial charge in [-0.3, -0.25) is 9.69 Å². The lowest BCUT2D eigenvalue weighted by atomic mass is 10.3. The number of amides is 1. The average molecular weight is 342 g/mol. The molecule has 2 aromatic carbocycles. The second kappa shape index (κ2) is 7.23. The largest absolute Gasteiger partial charge is 0.484 e. The molecule has 0 fully saturated rings. The van der Waals surface area contributed by atoms with Crippen LogP contribution in [0.5, 0.6) is 5.75 Å². The lowest BCUT2D eigenvalue weighted by Gasteiger charge is -2.17. The minimum Gasteiger partial charge on any atom is -0.484 e. The highest BCUT2D eigenvalue weighted by molar-refractivity contribution is 7.14. The second-order valence-corrected chi connectivity index (χ2v) is 5.87. The zero-order chi connectivity index (χ0) is 16.9. The molecule has 0 spiro atoms. The molecular weight excluding hydrogens is 327 g/mol. The number of carbonyl (C=O) groups excluding carboxylic acids is 1. The minimum absolute atomic E-state index is 0.128. The molecule has 122 valence electrons. The van der Waals surface area contributed by atoms with Gasteiger partial charge in [-0.25, -0.2) is 9.37 Å². The summed E-state index contributed by atoms with van der Waals surface area (Å²) in [4.78, 5) is 18.0. The fourth-order valence-corrected chi connectivity index (χ4v) is 3.05. The quantitative estimate of drug-likeness (QED) is 0.683. The highest BCUT2D eigenvalue weighted by Gasteiger charge is 2.17. The Morgan fingerprint density at radius 1 is 1.17 bits per heavy atom. The summed E-state index contributed by atoms with van der Waals surface area (Å²) in [6.45, 7) is 1.63. The Bertz CT molecular complexity index is 836. The first-order chi connectivity index (χ1) is 11.6. The van der Waals surface area contributed by atoms with Crippen molar-refractivity contribution in [2.75, 3.05) is 4.90 Å². The van der Waals surface area contributed by atoms with Gasteiger partial charge < -0.3 is 4.74 Å². The van der Waals surface area contributed by atoms with Gasteiger partial charge in [0.1, 0.15) is 6.61 Å². The van der Waals surface area contributed by atoms with Gasteiger partial charge in [0, 0.05) is 12.3 Å². The van der Waals surface area contributed by atoms with Crippen molar-refractivity contribution < 1.29 is 13.9 Å². The maximum absolute atomic E-state index is 13.6. The molecule has 0 atom stereocenters. The molecule has 0 aliphatic rings. The van der Waals surface area contributed by atoms with E-state index in [0.29, 0.717) is 10.8 Å². The standard InChI is InChI=1S/C18H15FN2O2S/c1-13(22)21(15-7-3-2-4-8-15)18-20-14(12-24-18)11-23-17-10-6-5-9-16(17)19/h2-10,12H,11H2,1H3. The van der Waals surface area contributed by atoms with Crippen molar-refractivity contribution in [1.29, 1.82) is 0 Å². The number of carbonyl (C=O) groups is 1. The predicted octanol–water partition coefficient (Wildman–Crippen LogP) is 4.55. The number of hydrogen-bond donors (Lipinski definition) is 0. The van der Waals surface area contributed by atoms with Crippen LogP contribution in [-0.2, 0) is 11.4 Å². The highest BCUT2D eigenvalue weighted by atomic mass is 32.1. The van der Waals surface area contributed by atoms with Crippen molar-refractivity contribution in [3.63, 3.8) is 0 Å². The first kappa shape index (κ1) is 16.1. The van der Waals surface area contributed by atoms with Crippen LogP contribution < -0.4 is 9.64 Å². The Morgan fingerprint density at radius 3 is 2.58 bits per heavy atom. The third kappa shape index (κ3) is 3.60. The molecular formula is C18H15FN2O2S. The number of para-hydroxylation sites is 2. The van der Waals surface area contributed by atoms with E-state index in [9.17, 15) is 9.18 Å². The van der Waals surface area contributed by atoms with Gasteiger partial charge >= 0.3 is 0 Å². The zero-order valence-electron chi connectivity index (χ0n) is 13.0. The van der Waals surface area contributed by atoms with Crippen molar-refractivity contribution in [3.8, 4) is 5.75 Å². The van der Waals surface area contributed by atoms with E-state index in [1.54, 1.807) is 23.6 Å². The van der Waals surface area contributed by atoms with Gasteiger partial charge in [0.05, 0.1) is 11.4 Å². The molecule has 1 aromatic heterocycles. The lowest BCUT2D eigenvalue weighted by Crippen LogP contribution is -2.22. The van der Waals surface area contributed by atoms with E-state index in [-0.39, 0.29) is 18.3 Å². The molecule has 3 aromatic rings. The molecule has 1 heterocycles. The van der Waals surface area contributed by atoms with E-state index in [0.717, 1.165) is 5.69 Å². The Hall–Kier alpha value is -2.73. The second-order valence-electron chi connectivity index (χ2n) is 5.03. The summed E-state index contributed by atoms with van der Waals surface area (Å²) < 4.78 is 19.0. The molecule has 0 N–H and O–H groups in total. The number of ether oxygens (including phenoxy) is 1. The van der Waals surface area contributed by atoms with Gasteiger partial charge in [-0.05, 0) is 24.3 Å². The number of aromatic nitrogens is 1. The van der Waals surface area contributed by atoms with Crippen LogP contribution >= 0.6 is 11.3 Å². The van der Waals surface area contributed by atoms with E-state index >= 15 is 0 Å². The predicted molar refractivity (Wildman–Crippen MR) is 92.1 cm³/mol. The first-order valence-corrected chi connectivity index (χ1v) is 8.20. The third-order valence-electron chi connectivity index (χ3n) is 3.27. The molecule has 0 aliphatic carbocycles. The number of nitrogens with zero attached hydrogens (tertiary/aromatic N) is 2. The van der Waals surface area contributed by atoms with Crippen molar-refractivity contribution in [2.24, 2.45) is 0 Å². The van der Waals surface area contributed by atoms with Crippen LogP contribution in [0.1, 0.15) is 12.6 Å². The topological polar surface area (TPSA) is 42.4 Å². The van der Waals surface area contributed by atoms with Gasteiger partial charge in [0.2, 0.25) is 5.91 Å². The molecule has 0 saturated carbocycles. The summed E-state index contributed by atoms with van der Waals surface area (Å²) >= 11 is 1.34. The molecule has 0 saturated heterocycles. The molecule has 1 amide bonds. The van der Waals surface area contributed by atoms with Gasteiger partial charge in [-0.2, -0.15) is 0 Å². The fourth-order valence-electron chi connectivity index (χ4n) is 2.18. The van der Waals surface area contributed by atoms with E-state index < -0.39 is 5.82 Å². The van der Waals surface area contributed by atoms with Crippen LogP contribution in [0.25, 0.3) is 0 Å². The summed E-state index contributed by atoms with van der Waals surface area (Å²) in [6.07, 6.45) is 0. The smallest absolute Gasteiger partial charge is 0.230 e. The SMILES string of the molecule is CC(=O)N(c1ccccc1)c1nc(COc2ccccc2F)cs1. The van der Waals surface area contributed by atoms with Crippen LogP contribution in [0.2, 0.25) is 0 Å². The first-order valence-electron chi connectivity index (χ1n) is 7.32. The van der Waals surface area contributed by atoms with E-state index in [4.69, 9.17) is 4.74 Å².